The van der Waals surface area contributed by atoms with E-state index in [-0.39, 0.29) is 5.69 Å². The number of para-hydroxylation sites is 1. The Hall–Kier alpha value is -2.23. The van der Waals surface area contributed by atoms with Gasteiger partial charge in [0, 0.05) is 17.9 Å². The molecule has 9 heteroatoms. The second-order valence-electron chi connectivity index (χ2n) is 5.18. The molecule has 0 aliphatic carbocycles. The van der Waals surface area contributed by atoms with Crippen LogP contribution in [0.2, 0.25) is 0 Å². The van der Waals surface area contributed by atoms with Crippen LogP contribution in [0.15, 0.2) is 58.9 Å². The van der Waals surface area contributed by atoms with Gasteiger partial charge in [-0.3, -0.25) is 10.1 Å². The van der Waals surface area contributed by atoms with E-state index in [1.54, 1.807) is 28.6 Å². The van der Waals surface area contributed by atoms with E-state index in [9.17, 15) is 10.1 Å². The van der Waals surface area contributed by atoms with Crippen LogP contribution in [0.4, 0.5) is 5.69 Å². The molecule has 0 radical (unpaired) electrons. The smallest absolute Gasteiger partial charge is 0.269 e. The van der Waals surface area contributed by atoms with E-state index in [2.05, 4.69) is 5.10 Å². The molecule has 0 saturated heterocycles. The Morgan fingerprint density at radius 3 is 2.62 bits per heavy atom. The third kappa shape index (κ3) is 4.90. The van der Waals surface area contributed by atoms with E-state index in [0.717, 1.165) is 26.2 Å². The molecule has 0 amide bonds. The Morgan fingerprint density at radius 1 is 1.19 bits per heavy atom. The third-order valence-corrected chi connectivity index (χ3v) is 5.81. The molecule has 26 heavy (non-hydrogen) atoms. The number of nitrogens with zero attached hydrogens (tertiary/aromatic N) is 3. The number of rotatable bonds is 8. The van der Waals surface area contributed by atoms with E-state index in [1.165, 1.54) is 23.5 Å². The molecule has 1 heterocycles. The van der Waals surface area contributed by atoms with Crippen molar-refractivity contribution in [3.63, 3.8) is 0 Å². The zero-order valence-corrected chi connectivity index (χ0v) is 16.1. The molecule has 6 nitrogen and oxygen atoms in total. The second-order valence-corrected chi connectivity index (χ2v) is 8.15. The molecule has 0 aliphatic rings. The first-order valence-corrected chi connectivity index (χ1v) is 10.00. The van der Waals surface area contributed by atoms with Crippen molar-refractivity contribution in [1.29, 1.82) is 0 Å². The maximum Gasteiger partial charge on any atom is 0.269 e. The lowest BCUT2D eigenvalue weighted by Gasteiger charge is -2.05. The van der Waals surface area contributed by atoms with E-state index >= 15 is 0 Å². The molecule has 2 aromatic carbocycles. The monoisotopic (exact) mass is 405 g/mol. The molecule has 0 bridgehead atoms. The molecule has 0 N–H and O–H groups in total. The largest absolute Gasteiger partial charge is 0.494 e. The zero-order chi connectivity index (χ0) is 18.4. The van der Waals surface area contributed by atoms with E-state index in [4.69, 9.17) is 17.0 Å². The van der Waals surface area contributed by atoms with Crippen LogP contribution in [0.3, 0.4) is 0 Å². The van der Waals surface area contributed by atoms with Crippen LogP contribution in [-0.2, 0) is 0 Å². The van der Waals surface area contributed by atoms with Crippen LogP contribution in [0, 0.1) is 14.1 Å². The Balaban J connectivity index is 1.45. The first kappa shape index (κ1) is 18.6. The molecule has 0 aliphatic heterocycles. The van der Waals surface area contributed by atoms with Gasteiger partial charge in [0.05, 0.1) is 17.2 Å². The van der Waals surface area contributed by atoms with Crippen molar-refractivity contribution in [3.05, 3.63) is 68.7 Å². The number of nitro groups is 1. The van der Waals surface area contributed by atoms with Crippen molar-refractivity contribution in [2.45, 2.75) is 10.8 Å². The van der Waals surface area contributed by atoms with Crippen molar-refractivity contribution in [2.75, 3.05) is 12.4 Å². The minimum atomic E-state index is -0.427. The fraction of sp³-hybridized carbons (Fsp3) is 0.176. The van der Waals surface area contributed by atoms with E-state index in [0.29, 0.717) is 12.4 Å². The highest BCUT2D eigenvalue weighted by Gasteiger charge is 2.07. The lowest BCUT2D eigenvalue weighted by molar-refractivity contribution is -0.384. The van der Waals surface area contributed by atoms with Gasteiger partial charge in [-0.2, -0.15) is 0 Å². The maximum atomic E-state index is 10.6. The lowest BCUT2D eigenvalue weighted by Crippen LogP contribution is -1.99. The summed E-state index contributed by atoms with van der Waals surface area (Å²) < 4.78 is 9.02. The van der Waals surface area contributed by atoms with Crippen LogP contribution < -0.4 is 4.74 Å². The number of nitro benzene ring substituents is 1. The molecule has 1 aromatic heterocycles. The predicted octanol–water partition coefficient (Wildman–Crippen LogP) is 5.13. The summed E-state index contributed by atoms with van der Waals surface area (Å²) in [6.45, 7) is 0.537. The number of thioether (sulfide) groups is 1. The van der Waals surface area contributed by atoms with Crippen LogP contribution in [0.25, 0.3) is 5.69 Å². The first-order chi connectivity index (χ1) is 12.6. The SMILES string of the molecule is O=[N+]([O-])c1ccc(OCCCSc2nn(-c3ccccc3)c(=S)s2)cc1. The fourth-order valence-electron chi connectivity index (χ4n) is 2.12. The fourth-order valence-corrected chi connectivity index (χ4v) is 4.47. The van der Waals surface area contributed by atoms with Crippen molar-refractivity contribution >= 4 is 41.0 Å². The van der Waals surface area contributed by atoms with Crippen LogP contribution in [0.5, 0.6) is 5.75 Å². The predicted molar refractivity (Wildman–Crippen MR) is 106 cm³/mol. The summed E-state index contributed by atoms with van der Waals surface area (Å²) in [6, 6.07) is 15.9. The van der Waals surface area contributed by atoms with Gasteiger partial charge in [-0.15, -0.1) is 5.10 Å². The average Bonchev–Trinajstić information content (AvgIpc) is 3.03. The summed E-state index contributed by atoms with van der Waals surface area (Å²) in [7, 11) is 0. The number of benzene rings is 2. The second kappa shape index (κ2) is 8.93. The Kier molecular flexibility index (Phi) is 6.37. The highest BCUT2D eigenvalue weighted by Crippen LogP contribution is 2.25. The Morgan fingerprint density at radius 2 is 1.92 bits per heavy atom. The topological polar surface area (TPSA) is 70.2 Å². The average molecular weight is 406 g/mol. The number of non-ortho nitro benzene ring substituents is 1. The third-order valence-electron chi connectivity index (χ3n) is 3.36. The van der Waals surface area contributed by atoms with Crippen molar-refractivity contribution in [1.82, 2.24) is 9.78 Å². The summed E-state index contributed by atoms with van der Waals surface area (Å²) in [4.78, 5) is 10.2. The number of hydrogen-bond acceptors (Lipinski definition) is 7. The Labute approximate surface area is 163 Å². The van der Waals surface area contributed by atoms with Gasteiger partial charge in [0.1, 0.15) is 5.75 Å². The minimum Gasteiger partial charge on any atom is -0.494 e. The maximum absolute atomic E-state index is 10.6. The van der Waals surface area contributed by atoms with E-state index in [1.807, 2.05) is 30.3 Å². The quantitative estimate of drug-likeness (QED) is 0.170. The van der Waals surface area contributed by atoms with Gasteiger partial charge < -0.3 is 4.74 Å². The van der Waals surface area contributed by atoms with Crippen LogP contribution in [0.1, 0.15) is 6.42 Å². The van der Waals surface area contributed by atoms with Gasteiger partial charge in [-0.25, -0.2) is 4.68 Å². The lowest BCUT2D eigenvalue weighted by atomic mass is 10.3. The summed E-state index contributed by atoms with van der Waals surface area (Å²) in [5.74, 6) is 1.48. The summed E-state index contributed by atoms with van der Waals surface area (Å²) in [5.41, 5.74) is 1.02. The van der Waals surface area contributed by atoms with Gasteiger partial charge in [-0.05, 0) is 42.9 Å². The van der Waals surface area contributed by atoms with Crippen molar-refractivity contribution in [3.8, 4) is 11.4 Å². The number of aromatic nitrogens is 2. The highest BCUT2D eigenvalue weighted by molar-refractivity contribution is 8.01. The van der Waals surface area contributed by atoms with Crippen molar-refractivity contribution < 1.29 is 9.66 Å². The molecule has 3 rings (SSSR count). The van der Waals surface area contributed by atoms with Crippen LogP contribution in [-0.4, -0.2) is 27.1 Å². The summed E-state index contributed by atoms with van der Waals surface area (Å²) in [5, 5.41) is 15.2. The number of ether oxygens (including phenoxy) is 1. The summed E-state index contributed by atoms with van der Waals surface area (Å²) in [6.07, 6.45) is 0.833. The molecule has 0 spiro atoms. The summed E-state index contributed by atoms with van der Waals surface area (Å²) >= 11 is 8.52. The minimum absolute atomic E-state index is 0.0584. The highest BCUT2D eigenvalue weighted by atomic mass is 32.2. The molecule has 0 unspecified atom stereocenters. The molecule has 0 atom stereocenters. The van der Waals surface area contributed by atoms with Gasteiger partial charge in [-0.1, -0.05) is 41.3 Å². The van der Waals surface area contributed by atoms with Gasteiger partial charge in [0.2, 0.25) is 0 Å². The standard InChI is InChI=1S/C17H15N3O3S3/c21-20(22)14-7-9-15(10-8-14)23-11-4-12-25-16-18-19(17(24)26-16)13-5-2-1-3-6-13/h1-3,5-10H,4,11-12H2. The van der Waals surface area contributed by atoms with E-state index < -0.39 is 4.92 Å². The van der Waals surface area contributed by atoms with Crippen LogP contribution >= 0.6 is 35.3 Å². The molecule has 0 saturated carbocycles. The zero-order valence-electron chi connectivity index (χ0n) is 13.6. The molecule has 3 aromatic rings. The molecule has 134 valence electrons. The number of hydrogen-bond donors (Lipinski definition) is 0. The normalized spacial score (nSPS) is 10.6. The van der Waals surface area contributed by atoms with Crippen molar-refractivity contribution in [2.24, 2.45) is 0 Å². The Bertz CT molecular complexity index is 924. The van der Waals surface area contributed by atoms with Gasteiger partial charge in [0.15, 0.2) is 8.29 Å². The molecule has 0 fully saturated rings. The first-order valence-electron chi connectivity index (χ1n) is 7.79. The molecular weight excluding hydrogens is 390 g/mol. The van der Waals surface area contributed by atoms with Gasteiger partial charge >= 0.3 is 0 Å². The van der Waals surface area contributed by atoms with Gasteiger partial charge in [0.25, 0.3) is 5.69 Å². The molecular formula is C17H15N3O3S3.